The van der Waals surface area contributed by atoms with E-state index in [1.165, 1.54) is 18.2 Å². The van der Waals surface area contributed by atoms with Crippen LogP contribution >= 0.6 is 0 Å². The Balaban J connectivity index is 1.88. The summed E-state index contributed by atoms with van der Waals surface area (Å²) >= 11 is 0. The van der Waals surface area contributed by atoms with Gasteiger partial charge in [0.25, 0.3) is 11.6 Å². The van der Waals surface area contributed by atoms with Crippen LogP contribution in [0.2, 0.25) is 0 Å². The molecule has 6 nitrogen and oxygen atoms in total. The maximum absolute atomic E-state index is 13.7. The molecule has 1 fully saturated rings. The van der Waals surface area contributed by atoms with Crippen molar-refractivity contribution in [3.05, 3.63) is 63.7 Å². The quantitative estimate of drug-likeness (QED) is 0.636. The van der Waals surface area contributed by atoms with Crippen LogP contribution in [0.5, 0.6) is 0 Å². The van der Waals surface area contributed by atoms with Crippen LogP contribution in [0.4, 0.5) is 25.8 Å². The van der Waals surface area contributed by atoms with Crippen LogP contribution in [-0.4, -0.2) is 23.9 Å². The van der Waals surface area contributed by atoms with Crippen LogP contribution < -0.4 is 10.2 Å². The summed E-state index contributed by atoms with van der Waals surface area (Å²) in [6.45, 7) is 3.51. The van der Waals surface area contributed by atoms with Crippen molar-refractivity contribution in [2.75, 3.05) is 23.3 Å². The zero-order chi connectivity index (χ0) is 19.6. The molecule has 27 heavy (non-hydrogen) atoms. The lowest BCUT2D eigenvalue weighted by atomic mass is 9.99. The SMILES string of the molecule is C[C@@H]1CCCN(c2ccc(C(=O)Nc3cc(F)ccc3F)cc2[N+](=O)[O-])C1. The lowest BCUT2D eigenvalue weighted by molar-refractivity contribution is -0.384. The van der Waals surface area contributed by atoms with Crippen molar-refractivity contribution < 1.29 is 18.5 Å². The Bertz CT molecular complexity index is 888. The summed E-state index contributed by atoms with van der Waals surface area (Å²) in [5.41, 5.74) is -0.0488. The Labute approximate surface area is 154 Å². The van der Waals surface area contributed by atoms with E-state index in [0.29, 0.717) is 24.7 Å². The number of hydrogen-bond acceptors (Lipinski definition) is 4. The van der Waals surface area contributed by atoms with Gasteiger partial charge in [-0.1, -0.05) is 6.92 Å². The monoisotopic (exact) mass is 375 g/mol. The number of nitrogens with zero attached hydrogens (tertiary/aromatic N) is 2. The molecule has 0 aliphatic carbocycles. The van der Waals surface area contributed by atoms with Gasteiger partial charge in [0.05, 0.1) is 10.6 Å². The number of halogens is 2. The molecule has 0 aromatic heterocycles. The fourth-order valence-electron chi connectivity index (χ4n) is 3.27. The summed E-state index contributed by atoms with van der Waals surface area (Å²) in [6, 6.07) is 6.84. The topological polar surface area (TPSA) is 75.5 Å². The number of benzene rings is 2. The van der Waals surface area contributed by atoms with Crippen molar-refractivity contribution in [3.63, 3.8) is 0 Å². The Morgan fingerprint density at radius 2 is 2.04 bits per heavy atom. The van der Waals surface area contributed by atoms with Crippen LogP contribution in [-0.2, 0) is 0 Å². The molecule has 1 aliphatic rings. The normalized spacial score (nSPS) is 16.9. The number of anilines is 2. The molecule has 2 aromatic carbocycles. The van der Waals surface area contributed by atoms with E-state index in [4.69, 9.17) is 0 Å². The van der Waals surface area contributed by atoms with Gasteiger partial charge in [0.1, 0.15) is 17.3 Å². The van der Waals surface area contributed by atoms with E-state index in [9.17, 15) is 23.7 Å². The van der Waals surface area contributed by atoms with Gasteiger partial charge < -0.3 is 10.2 Å². The minimum Gasteiger partial charge on any atom is -0.366 e. The molecule has 1 aliphatic heterocycles. The summed E-state index contributed by atoms with van der Waals surface area (Å²) in [7, 11) is 0. The number of amides is 1. The molecule has 8 heteroatoms. The van der Waals surface area contributed by atoms with Gasteiger partial charge in [0.2, 0.25) is 0 Å². The number of carbonyl (C=O) groups excluding carboxylic acids is 1. The molecule has 3 rings (SSSR count). The lowest BCUT2D eigenvalue weighted by Crippen LogP contribution is -2.34. The molecular formula is C19H19F2N3O3. The van der Waals surface area contributed by atoms with Gasteiger partial charge in [-0.15, -0.1) is 0 Å². The average Bonchev–Trinajstić information content (AvgIpc) is 2.64. The maximum Gasteiger partial charge on any atom is 0.293 e. The van der Waals surface area contributed by atoms with Crippen molar-refractivity contribution in [1.29, 1.82) is 0 Å². The molecule has 1 heterocycles. The largest absolute Gasteiger partial charge is 0.366 e. The number of hydrogen-bond donors (Lipinski definition) is 1. The first-order valence-corrected chi connectivity index (χ1v) is 8.65. The molecule has 1 N–H and O–H groups in total. The highest BCUT2D eigenvalue weighted by Crippen LogP contribution is 2.32. The Morgan fingerprint density at radius 3 is 2.74 bits per heavy atom. The predicted octanol–water partition coefficient (Wildman–Crippen LogP) is 4.36. The highest BCUT2D eigenvalue weighted by atomic mass is 19.1. The minimum atomic E-state index is -0.793. The third kappa shape index (κ3) is 4.21. The Hall–Kier alpha value is -3.03. The Kier molecular flexibility index (Phi) is 5.34. The molecule has 1 atom stereocenters. The van der Waals surface area contributed by atoms with Gasteiger partial charge in [0.15, 0.2) is 0 Å². The lowest BCUT2D eigenvalue weighted by Gasteiger charge is -2.32. The van der Waals surface area contributed by atoms with Crippen molar-refractivity contribution in [3.8, 4) is 0 Å². The highest BCUT2D eigenvalue weighted by Gasteiger charge is 2.25. The Morgan fingerprint density at radius 1 is 1.26 bits per heavy atom. The molecule has 1 amide bonds. The average molecular weight is 375 g/mol. The first-order valence-electron chi connectivity index (χ1n) is 8.65. The van der Waals surface area contributed by atoms with E-state index in [1.807, 2.05) is 4.90 Å². The maximum atomic E-state index is 13.7. The van der Waals surface area contributed by atoms with E-state index in [2.05, 4.69) is 12.2 Å². The predicted molar refractivity (Wildman–Crippen MR) is 98.0 cm³/mol. The third-order valence-electron chi connectivity index (χ3n) is 4.61. The van der Waals surface area contributed by atoms with Gasteiger partial charge >= 0.3 is 0 Å². The fraction of sp³-hybridized carbons (Fsp3) is 0.316. The van der Waals surface area contributed by atoms with E-state index in [-0.39, 0.29) is 16.9 Å². The summed E-state index contributed by atoms with van der Waals surface area (Å²) in [5, 5.41) is 13.8. The van der Waals surface area contributed by atoms with Crippen molar-refractivity contribution in [2.24, 2.45) is 5.92 Å². The van der Waals surface area contributed by atoms with Crippen LogP contribution in [0.1, 0.15) is 30.1 Å². The highest BCUT2D eigenvalue weighted by molar-refractivity contribution is 6.05. The fourth-order valence-corrected chi connectivity index (χ4v) is 3.27. The number of nitro groups is 1. The van der Waals surface area contributed by atoms with E-state index in [1.54, 1.807) is 0 Å². The molecule has 0 spiro atoms. The van der Waals surface area contributed by atoms with Gasteiger partial charge in [-0.3, -0.25) is 14.9 Å². The summed E-state index contributed by atoms with van der Waals surface area (Å²) in [5.74, 6) is -1.82. The third-order valence-corrected chi connectivity index (χ3v) is 4.61. The number of piperidine rings is 1. The zero-order valence-corrected chi connectivity index (χ0v) is 14.7. The van der Waals surface area contributed by atoms with Crippen molar-refractivity contribution >= 4 is 23.0 Å². The summed E-state index contributed by atoms with van der Waals surface area (Å²) in [6.07, 6.45) is 2.02. The van der Waals surface area contributed by atoms with Gasteiger partial charge in [-0.2, -0.15) is 0 Å². The van der Waals surface area contributed by atoms with Gasteiger partial charge in [-0.05, 0) is 43.0 Å². The molecule has 2 aromatic rings. The second-order valence-electron chi connectivity index (χ2n) is 6.73. The standard InChI is InChI=1S/C19H19F2N3O3/c1-12-3-2-8-23(11-12)17-7-4-13(9-18(17)24(26)27)19(25)22-16-10-14(20)5-6-15(16)21/h4-7,9-10,12H,2-3,8,11H2,1H3,(H,22,25)/t12-/m1/s1. The number of nitrogens with one attached hydrogen (secondary N) is 1. The molecule has 0 bridgehead atoms. The summed E-state index contributed by atoms with van der Waals surface area (Å²) < 4.78 is 26.9. The van der Waals surface area contributed by atoms with E-state index >= 15 is 0 Å². The van der Waals surface area contributed by atoms with Gasteiger partial charge in [0, 0.05) is 30.8 Å². The molecule has 142 valence electrons. The van der Waals surface area contributed by atoms with Crippen LogP contribution in [0.25, 0.3) is 0 Å². The molecular weight excluding hydrogens is 356 g/mol. The minimum absolute atomic E-state index is 0.000769. The van der Waals surface area contributed by atoms with E-state index in [0.717, 1.165) is 31.0 Å². The van der Waals surface area contributed by atoms with Crippen LogP contribution in [0.15, 0.2) is 36.4 Å². The molecule has 1 saturated heterocycles. The second-order valence-corrected chi connectivity index (χ2v) is 6.73. The molecule has 0 saturated carbocycles. The van der Waals surface area contributed by atoms with Crippen molar-refractivity contribution in [2.45, 2.75) is 19.8 Å². The van der Waals surface area contributed by atoms with Crippen LogP contribution in [0, 0.1) is 27.7 Å². The molecule has 0 radical (unpaired) electrons. The van der Waals surface area contributed by atoms with Gasteiger partial charge in [-0.25, -0.2) is 8.78 Å². The second kappa shape index (κ2) is 7.69. The summed E-state index contributed by atoms with van der Waals surface area (Å²) in [4.78, 5) is 25.3. The zero-order valence-electron chi connectivity index (χ0n) is 14.7. The van der Waals surface area contributed by atoms with E-state index < -0.39 is 22.5 Å². The van der Waals surface area contributed by atoms with Crippen LogP contribution in [0.3, 0.4) is 0 Å². The smallest absolute Gasteiger partial charge is 0.293 e. The first-order chi connectivity index (χ1) is 12.8. The number of rotatable bonds is 4. The number of nitro benzene ring substituents is 1. The molecule has 0 unspecified atom stereocenters. The first kappa shape index (κ1) is 18.8. The number of carbonyl (C=O) groups is 1. The van der Waals surface area contributed by atoms with Crippen molar-refractivity contribution in [1.82, 2.24) is 0 Å².